The summed E-state index contributed by atoms with van der Waals surface area (Å²) in [4.78, 5) is 7.89. The van der Waals surface area contributed by atoms with Gasteiger partial charge in [0.15, 0.2) is 10.2 Å². The first-order valence-corrected chi connectivity index (χ1v) is 11.9. The van der Waals surface area contributed by atoms with Crippen molar-refractivity contribution < 1.29 is 4.42 Å². The molecule has 1 fully saturated rings. The number of anilines is 1. The van der Waals surface area contributed by atoms with Crippen molar-refractivity contribution in [3.63, 3.8) is 0 Å². The van der Waals surface area contributed by atoms with Gasteiger partial charge in [-0.1, -0.05) is 55.1 Å². The SMILES string of the molecule is CCc1ccc(N2C(=S)NC(c3ccccn3)C2c2ccc(Sc3ccccc3)o2)cc1. The maximum Gasteiger partial charge on any atom is 0.174 e. The summed E-state index contributed by atoms with van der Waals surface area (Å²) in [5.74, 6) is 0.853. The lowest BCUT2D eigenvalue weighted by Crippen LogP contribution is -2.29. The molecule has 160 valence electrons. The molecule has 1 aliphatic rings. The van der Waals surface area contributed by atoms with Crippen molar-refractivity contribution >= 4 is 34.8 Å². The summed E-state index contributed by atoms with van der Waals surface area (Å²) < 4.78 is 6.36. The van der Waals surface area contributed by atoms with E-state index in [2.05, 4.69) is 64.6 Å². The molecule has 0 aliphatic carbocycles. The van der Waals surface area contributed by atoms with E-state index in [1.165, 1.54) is 5.56 Å². The van der Waals surface area contributed by atoms with Crippen LogP contribution in [0.2, 0.25) is 0 Å². The number of aryl methyl sites for hydroxylation is 1. The topological polar surface area (TPSA) is 41.3 Å². The fourth-order valence-electron chi connectivity index (χ4n) is 3.97. The summed E-state index contributed by atoms with van der Waals surface area (Å²) in [6.07, 6.45) is 2.82. The molecule has 1 saturated heterocycles. The number of rotatable bonds is 6. The summed E-state index contributed by atoms with van der Waals surface area (Å²) in [6.45, 7) is 2.16. The molecular weight excluding hydrogens is 434 g/mol. The molecule has 0 radical (unpaired) electrons. The van der Waals surface area contributed by atoms with Crippen molar-refractivity contribution in [3.05, 3.63) is 108 Å². The molecule has 2 aromatic heterocycles. The highest BCUT2D eigenvalue weighted by Crippen LogP contribution is 2.43. The maximum atomic E-state index is 6.36. The van der Waals surface area contributed by atoms with E-state index in [9.17, 15) is 0 Å². The highest BCUT2D eigenvalue weighted by molar-refractivity contribution is 7.99. The number of nitrogens with zero attached hydrogens (tertiary/aromatic N) is 2. The van der Waals surface area contributed by atoms with E-state index in [1.807, 2.05) is 48.7 Å². The zero-order chi connectivity index (χ0) is 21.9. The van der Waals surface area contributed by atoms with Gasteiger partial charge < -0.3 is 14.6 Å². The number of thiocarbonyl (C=S) groups is 1. The Morgan fingerprint density at radius 1 is 0.969 bits per heavy atom. The van der Waals surface area contributed by atoms with Crippen LogP contribution >= 0.6 is 24.0 Å². The van der Waals surface area contributed by atoms with Crippen molar-refractivity contribution in [2.45, 2.75) is 35.4 Å². The monoisotopic (exact) mass is 457 g/mol. The smallest absolute Gasteiger partial charge is 0.174 e. The van der Waals surface area contributed by atoms with Gasteiger partial charge in [-0.15, -0.1) is 0 Å². The standard InChI is InChI=1S/C26H23N3OS2/c1-2-18-11-13-19(14-12-18)29-25(24(28-26(29)31)21-10-6-7-17-27-21)22-15-16-23(30-22)32-20-8-4-3-5-9-20/h3-17,24-25H,2H2,1H3,(H,28,31). The summed E-state index contributed by atoms with van der Waals surface area (Å²) in [5.41, 5.74) is 3.27. The number of furan rings is 1. The van der Waals surface area contributed by atoms with E-state index in [0.29, 0.717) is 5.11 Å². The second kappa shape index (κ2) is 9.18. The van der Waals surface area contributed by atoms with Gasteiger partial charge in [-0.05, 0) is 72.7 Å². The Balaban J connectivity index is 1.52. The van der Waals surface area contributed by atoms with Gasteiger partial charge in [0.25, 0.3) is 0 Å². The molecule has 5 rings (SSSR count). The Bertz CT molecular complexity index is 1190. The summed E-state index contributed by atoms with van der Waals surface area (Å²) in [6, 6.07) is 28.6. The van der Waals surface area contributed by atoms with E-state index in [4.69, 9.17) is 16.6 Å². The minimum absolute atomic E-state index is 0.115. The van der Waals surface area contributed by atoms with Gasteiger partial charge >= 0.3 is 0 Å². The van der Waals surface area contributed by atoms with Crippen LogP contribution in [0.3, 0.4) is 0 Å². The van der Waals surface area contributed by atoms with Crippen LogP contribution in [0.5, 0.6) is 0 Å². The molecule has 0 bridgehead atoms. The van der Waals surface area contributed by atoms with Gasteiger partial charge in [-0.3, -0.25) is 4.98 Å². The largest absolute Gasteiger partial charge is 0.452 e. The average Bonchev–Trinajstić information content (AvgIpc) is 3.44. The van der Waals surface area contributed by atoms with Crippen LogP contribution in [0.15, 0.2) is 106 Å². The number of hydrogen-bond donors (Lipinski definition) is 1. The molecule has 0 spiro atoms. The lowest BCUT2D eigenvalue weighted by atomic mass is 10.0. The quantitative estimate of drug-likeness (QED) is 0.331. The second-order valence-corrected chi connectivity index (χ2v) is 9.05. The molecule has 2 aromatic carbocycles. The first kappa shape index (κ1) is 20.8. The predicted octanol–water partition coefficient (Wildman–Crippen LogP) is 6.57. The zero-order valence-corrected chi connectivity index (χ0v) is 19.3. The lowest BCUT2D eigenvalue weighted by molar-refractivity contribution is 0.383. The minimum atomic E-state index is -0.144. The number of nitrogens with one attached hydrogen (secondary N) is 1. The van der Waals surface area contributed by atoms with E-state index in [-0.39, 0.29) is 12.1 Å². The van der Waals surface area contributed by atoms with Gasteiger partial charge in [0.05, 0.1) is 11.7 Å². The Morgan fingerprint density at radius 3 is 2.47 bits per heavy atom. The third kappa shape index (κ3) is 4.16. The van der Waals surface area contributed by atoms with Crippen LogP contribution in [0.1, 0.15) is 36.0 Å². The zero-order valence-electron chi connectivity index (χ0n) is 17.6. The highest BCUT2D eigenvalue weighted by Gasteiger charge is 2.42. The molecule has 2 atom stereocenters. The Hall–Kier alpha value is -3.09. The first-order valence-electron chi connectivity index (χ1n) is 10.6. The first-order chi connectivity index (χ1) is 15.7. The molecule has 4 nitrogen and oxygen atoms in total. The molecule has 32 heavy (non-hydrogen) atoms. The molecule has 2 unspecified atom stereocenters. The van der Waals surface area contributed by atoms with Crippen molar-refractivity contribution in [1.29, 1.82) is 0 Å². The fraction of sp³-hybridized carbons (Fsp3) is 0.154. The predicted molar refractivity (Wildman–Crippen MR) is 133 cm³/mol. The van der Waals surface area contributed by atoms with Crippen LogP contribution < -0.4 is 10.2 Å². The Kier molecular flexibility index (Phi) is 5.97. The molecule has 0 amide bonds. The molecule has 3 heterocycles. The van der Waals surface area contributed by atoms with Gasteiger partial charge in [0, 0.05) is 16.8 Å². The number of aromatic nitrogens is 1. The average molecular weight is 458 g/mol. The van der Waals surface area contributed by atoms with Gasteiger partial charge in [-0.2, -0.15) is 0 Å². The second-order valence-electron chi connectivity index (χ2n) is 7.59. The third-order valence-electron chi connectivity index (χ3n) is 5.58. The van der Waals surface area contributed by atoms with Gasteiger partial charge in [0.1, 0.15) is 11.8 Å². The minimum Gasteiger partial charge on any atom is -0.452 e. The highest BCUT2D eigenvalue weighted by atomic mass is 32.2. The summed E-state index contributed by atoms with van der Waals surface area (Å²) in [7, 11) is 0. The van der Waals surface area contributed by atoms with E-state index in [1.54, 1.807) is 11.8 Å². The van der Waals surface area contributed by atoms with Crippen molar-refractivity contribution in [1.82, 2.24) is 10.3 Å². The van der Waals surface area contributed by atoms with Gasteiger partial charge in [0.2, 0.25) is 0 Å². The number of hydrogen-bond acceptors (Lipinski definition) is 4. The Labute approximate surface area is 197 Å². The molecule has 6 heteroatoms. The normalized spacial score (nSPS) is 18.0. The van der Waals surface area contributed by atoms with E-state index < -0.39 is 0 Å². The maximum absolute atomic E-state index is 6.36. The third-order valence-corrected chi connectivity index (χ3v) is 6.82. The van der Waals surface area contributed by atoms with Crippen LogP contribution in [0, 0.1) is 0 Å². The molecular formula is C26H23N3OS2. The van der Waals surface area contributed by atoms with E-state index >= 15 is 0 Å². The number of benzene rings is 2. The lowest BCUT2D eigenvalue weighted by Gasteiger charge is -2.26. The number of pyridine rings is 1. The van der Waals surface area contributed by atoms with Crippen LogP contribution in [-0.4, -0.2) is 10.1 Å². The van der Waals surface area contributed by atoms with Crippen LogP contribution in [0.25, 0.3) is 0 Å². The Morgan fingerprint density at radius 2 is 1.75 bits per heavy atom. The van der Waals surface area contributed by atoms with Crippen LogP contribution in [-0.2, 0) is 6.42 Å². The molecule has 1 aliphatic heterocycles. The van der Waals surface area contributed by atoms with Gasteiger partial charge in [-0.25, -0.2) is 0 Å². The van der Waals surface area contributed by atoms with Crippen molar-refractivity contribution in [2.75, 3.05) is 4.90 Å². The fourth-order valence-corrected chi connectivity index (χ4v) is 5.11. The summed E-state index contributed by atoms with van der Waals surface area (Å²) in [5, 5.41) is 5.00. The molecule has 1 N–H and O–H groups in total. The van der Waals surface area contributed by atoms with Crippen LogP contribution in [0.4, 0.5) is 5.69 Å². The van der Waals surface area contributed by atoms with E-state index in [0.717, 1.165) is 33.6 Å². The van der Waals surface area contributed by atoms with Crippen molar-refractivity contribution in [2.24, 2.45) is 0 Å². The molecule has 0 saturated carbocycles. The van der Waals surface area contributed by atoms with Crippen molar-refractivity contribution in [3.8, 4) is 0 Å². The summed E-state index contributed by atoms with van der Waals surface area (Å²) >= 11 is 7.40. The molecule has 4 aromatic rings.